The lowest BCUT2D eigenvalue weighted by Gasteiger charge is -2.19. The lowest BCUT2D eigenvalue weighted by atomic mass is 9.99. The van der Waals surface area contributed by atoms with E-state index in [-0.39, 0.29) is 6.54 Å². The fourth-order valence-electron chi connectivity index (χ4n) is 3.68. The third kappa shape index (κ3) is 3.17. The maximum Gasteiger partial charge on any atom is 0.327 e. The first kappa shape index (κ1) is 15.8. The van der Waals surface area contributed by atoms with Crippen LogP contribution >= 0.6 is 0 Å². The van der Waals surface area contributed by atoms with Gasteiger partial charge < -0.3 is 21.1 Å². The van der Waals surface area contributed by atoms with E-state index in [0.717, 1.165) is 44.2 Å². The monoisotopic (exact) mass is 317 g/mol. The Morgan fingerprint density at radius 3 is 2.26 bits per heavy atom. The molecule has 0 aromatic heterocycles. The van der Waals surface area contributed by atoms with Crippen LogP contribution in [0.4, 0.5) is 10.5 Å². The summed E-state index contributed by atoms with van der Waals surface area (Å²) in [6.07, 6.45) is 6.33. The zero-order valence-corrected chi connectivity index (χ0v) is 13.4. The molecule has 0 bridgehead atoms. The Balaban J connectivity index is 1.80. The molecule has 0 radical (unpaired) electrons. The molecule has 124 valence electrons. The predicted octanol–water partition coefficient (Wildman–Crippen LogP) is 1.46. The van der Waals surface area contributed by atoms with Gasteiger partial charge in [0.1, 0.15) is 6.04 Å². The van der Waals surface area contributed by atoms with Crippen LogP contribution in [0.3, 0.4) is 0 Å². The number of likely N-dealkylation sites (N-methyl/N-ethyl adjacent to an activating group) is 1. The number of carboxylic acids is 1. The molecule has 0 saturated heterocycles. The summed E-state index contributed by atoms with van der Waals surface area (Å²) in [7, 11) is 1.66. The molecule has 0 heterocycles. The Bertz CT molecular complexity index is 610. The van der Waals surface area contributed by atoms with Crippen LogP contribution in [0.5, 0.6) is 0 Å². The largest absolute Gasteiger partial charge is 0.480 e. The Morgan fingerprint density at radius 2 is 1.74 bits per heavy atom. The Hall–Kier alpha value is -2.08. The second-order valence-corrected chi connectivity index (χ2v) is 6.28. The van der Waals surface area contributed by atoms with Crippen LogP contribution in [0.15, 0.2) is 6.07 Å². The summed E-state index contributed by atoms with van der Waals surface area (Å²) in [6.45, 7) is 0.188. The van der Waals surface area contributed by atoms with Crippen LogP contribution in [0.25, 0.3) is 0 Å². The number of fused-ring (bicyclic) bond motifs is 2. The molecule has 0 spiro atoms. The number of carboxylic acid groups (broad SMARTS) is 1. The van der Waals surface area contributed by atoms with Gasteiger partial charge in [0, 0.05) is 12.2 Å². The molecule has 0 fully saturated rings. The summed E-state index contributed by atoms with van der Waals surface area (Å²) in [6, 6.07) is 0.918. The van der Waals surface area contributed by atoms with E-state index in [2.05, 4.69) is 22.0 Å². The molecule has 1 atom stereocenters. The molecule has 2 aliphatic rings. The third-order valence-electron chi connectivity index (χ3n) is 4.72. The molecule has 6 nitrogen and oxygen atoms in total. The molecule has 23 heavy (non-hydrogen) atoms. The minimum Gasteiger partial charge on any atom is -0.480 e. The highest BCUT2D eigenvalue weighted by Gasteiger charge is 2.26. The molecule has 0 aliphatic heterocycles. The van der Waals surface area contributed by atoms with Gasteiger partial charge in [0.25, 0.3) is 0 Å². The first-order valence-electron chi connectivity index (χ1n) is 8.21. The molecule has 6 heteroatoms. The normalized spacial score (nSPS) is 16.6. The molecule has 1 aromatic carbocycles. The number of aliphatic carboxylic acids is 1. The van der Waals surface area contributed by atoms with Crippen molar-refractivity contribution in [1.82, 2.24) is 10.6 Å². The van der Waals surface area contributed by atoms with Gasteiger partial charge in [-0.15, -0.1) is 0 Å². The van der Waals surface area contributed by atoms with Crippen molar-refractivity contribution in [2.24, 2.45) is 0 Å². The fourth-order valence-corrected chi connectivity index (χ4v) is 3.68. The fraction of sp³-hybridized carbons (Fsp3) is 0.529. The highest BCUT2D eigenvalue weighted by Crippen LogP contribution is 2.38. The number of carbonyl (C=O) groups excluding carboxylic acids is 1. The average molecular weight is 317 g/mol. The standard InChI is InChI=1S/C17H23N3O3/c1-18-9-14(16(21)22)19-17(23)20-15-12-6-2-4-10(12)8-11-5-3-7-13(11)15/h8,14,18H,2-7,9H2,1H3,(H,21,22)(H2,19,20,23)/t14-/m1/s1. The Kier molecular flexibility index (Phi) is 4.52. The number of carbonyl (C=O) groups is 2. The van der Waals surface area contributed by atoms with Crippen molar-refractivity contribution in [3.8, 4) is 0 Å². The average Bonchev–Trinajstić information content (AvgIpc) is 3.14. The topological polar surface area (TPSA) is 90.5 Å². The molecule has 3 rings (SSSR count). The van der Waals surface area contributed by atoms with Crippen molar-refractivity contribution in [3.05, 3.63) is 28.3 Å². The van der Waals surface area contributed by atoms with Crippen molar-refractivity contribution in [2.75, 3.05) is 18.9 Å². The van der Waals surface area contributed by atoms with Crippen molar-refractivity contribution in [2.45, 2.75) is 44.6 Å². The molecule has 0 unspecified atom stereocenters. The minimum atomic E-state index is -1.04. The van der Waals surface area contributed by atoms with Crippen molar-refractivity contribution in [3.63, 3.8) is 0 Å². The molecular formula is C17H23N3O3. The van der Waals surface area contributed by atoms with Gasteiger partial charge in [0.05, 0.1) is 0 Å². The summed E-state index contributed by atoms with van der Waals surface area (Å²) in [5.41, 5.74) is 6.08. The first-order valence-corrected chi connectivity index (χ1v) is 8.21. The molecule has 2 aliphatic carbocycles. The quantitative estimate of drug-likeness (QED) is 0.662. The maximum absolute atomic E-state index is 12.3. The lowest BCUT2D eigenvalue weighted by Crippen LogP contribution is -2.48. The Labute approximate surface area is 135 Å². The van der Waals surface area contributed by atoms with E-state index < -0.39 is 18.0 Å². The van der Waals surface area contributed by atoms with Crippen LogP contribution in [-0.2, 0) is 30.5 Å². The predicted molar refractivity (Wildman–Crippen MR) is 88.0 cm³/mol. The van der Waals surface area contributed by atoms with E-state index in [1.54, 1.807) is 7.05 Å². The minimum absolute atomic E-state index is 0.188. The van der Waals surface area contributed by atoms with Crippen molar-refractivity contribution >= 4 is 17.7 Å². The highest BCUT2D eigenvalue weighted by atomic mass is 16.4. The number of rotatable bonds is 5. The first-order chi connectivity index (χ1) is 11.1. The van der Waals surface area contributed by atoms with Gasteiger partial charge in [0.15, 0.2) is 0 Å². The van der Waals surface area contributed by atoms with Gasteiger partial charge in [-0.05, 0) is 67.8 Å². The number of nitrogens with one attached hydrogen (secondary N) is 3. The van der Waals surface area contributed by atoms with Crippen LogP contribution in [0.2, 0.25) is 0 Å². The lowest BCUT2D eigenvalue weighted by molar-refractivity contribution is -0.139. The van der Waals surface area contributed by atoms with Gasteiger partial charge in [-0.25, -0.2) is 9.59 Å². The second-order valence-electron chi connectivity index (χ2n) is 6.28. The second kappa shape index (κ2) is 6.58. The SMILES string of the molecule is CNC[C@@H](NC(=O)Nc1c2c(cc3c1CCC3)CCC2)C(=O)O. The number of urea groups is 1. The molecular weight excluding hydrogens is 294 g/mol. The van der Waals surface area contributed by atoms with Crippen molar-refractivity contribution < 1.29 is 14.7 Å². The zero-order chi connectivity index (χ0) is 16.4. The summed E-state index contributed by atoms with van der Waals surface area (Å²) in [5, 5.41) is 17.4. The van der Waals surface area contributed by atoms with Crippen LogP contribution in [-0.4, -0.2) is 36.7 Å². The number of aryl methyl sites for hydroxylation is 2. The smallest absolute Gasteiger partial charge is 0.327 e. The van der Waals surface area contributed by atoms with Crippen LogP contribution in [0.1, 0.15) is 35.1 Å². The maximum atomic E-state index is 12.3. The molecule has 1 aromatic rings. The van der Waals surface area contributed by atoms with Gasteiger partial charge in [-0.2, -0.15) is 0 Å². The Morgan fingerprint density at radius 1 is 1.13 bits per heavy atom. The molecule has 2 amide bonds. The number of benzene rings is 1. The van der Waals surface area contributed by atoms with E-state index in [0.29, 0.717) is 0 Å². The van der Waals surface area contributed by atoms with Gasteiger partial charge >= 0.3 is 12.0 Å². The van der Waals surface area contributed by atoms with Gasteiger partial charge in [-0.3, -0.25) is 0 Å². The van der Waals surface area contributed by atoms with Gasteiger partial charge in [0.2, 0.25) is 0 Å². The summed E-state index contributed by atoms with van der Waals surface area (Å²) < 4.78 is 0. The van der Waals surface area contributed by atoms with Crippen molar-refractivity contribution in [1.29, 1.82) is 0 Å². The number of amides is 2. The van der Waals surface area contributed by atoms with Crippen LogP contribution < -0.4 is 16.0 Å². The summed E-state index contributed by atoms with van der Waals surface area (Å²) in [4.78, 5) is 23.5. The van der Waals surface area contributed by atoms with E-state index in [9.17, 15) is 9.59 Å². The molecule has 0 saturated carbocycles. The van der Waals surface area contributed by atoms with Crippen LogP contribution in [0, 0.1) is 0 Å². The van der Waals surface area contributed by atoms with E-state index in [4.69, 9.17) is 5.11 Å². The number of anilines is 1. The number of hydrogen-bond donors (Lipinski definition) is 4. The van der Waals surface area contributed by atoms with E-state index in [1.165, 1.54) is 22.3 Å². The summed E-state index contributed by atoms with van der Waals surface area (Å²) >= 11 is 0. The summed E-state index contributed by atoms with van der Waals surface area (Å²) in [5.74, 6) is -1.04. The zero-order valence-electron chi connectivity index (χ0n) is 13.4. The third-order valence-corrected chi connectivity index (χ3v) is 4.72. The van der Waals surface area contributed by atoms with E-state index in [1.807, 2.05) is 0 Å². The van der Waals surface area contributed by atoms with E-state index >= 15 is 0 Å². The highest BCUT2D eigenvalue weighted by molar-refractivity contribution is 5.94. The van der Waals surface area contributed by atoms with Gasteiger partial charge in [-0.1, -0.05) is 6.07 Å². The number of hydrogen-bond acceptors (Lipinski definition) is 3. The molecule has 4 N–H and O–H groups in total.